The van der Waals surface area contributed by atoms with E-state index in [-0.39, 0.29) is 36.8 Å². The molecule has 0 atom stereocenters. The van der Waals surface area contributed by atoms with Crippen molar-refractivity contribution in [3.05, 3.63) is 23.8 Å². The number of anilines is 1. The quantitative estimate of drug-likeness (QED) is 0.469. The number of fused-ring (bicyclic) bond motifs is 1. The second-order valence-electron chi connectivity index (χ2n) is 5.05. The number of carbonyl (C=O) groups is 3. The highest BCUT2D eigenvalue weighted by Crippen LogP contribution is 2.33. The van der Waals surface area contributed by atoms with E-state index in [1.807, 2.05) is 0 Å². The highest BCUT2D eigenvalue weighted by Gasteiger charge is 2.28. The van der Waals surface area contributed by atoms with E-state index in [1.54, 1.807) is 26.0 Å². The van der Waals surface area contributed by atoms with Gasteiger partial charge < -0.3 is 9.47 Å². The number of Topliss-reactive ketones (excluding diaryl/α,β-unsaturated/α-hetero) is 1. The molecule has 0 unspecified atom stereocenters. The summed E-state index contributed by atoms with van der Waals surface area (Å²) < 4.78 is 10.4. The monoisotopic (exact) mass is 325 g/mol. The van der Waals surface area contributed by atoms with Gasteiger partial charge in [0.25, 0.3) is 5.91 Å². The molecular weight excluding hydrogens is 310 g/mol. The standard InChI is InChI=1S/C15H16ClNO5/c1-9(2)22-15(20)7-17-11-5-10(12(18)6-16)3-4-13(11)21-8-14(17)19/h3-5,9H,6-8H2,1-2H3. The first-order valence-electron chi connectivity index (χ1n) is 6.78. The Morgan fingerprint density at radius 1 is 1.41 bits per heavy atom. The molecule has 6 nitrogen and oxygen atoms in total. The molecule has 1 aliphatic rings. The lowest BCUT2D eigenvalue weighted by Crippen LogP contribution is -2.42. The van der Waals surface area contributed by atoms with Gasteiger partial charge >= 0.3 is 5.97 Å². The van der Waals surface area contributed by atoms with Crippen LogP contribution in [0.15, 0.2) is 18.2 Å². The highest BCUT2D eigenvalue weighted by atomic mass is 35.5. The molecule has 0 N–H and O–H groups in total. The van der Waals surface area contributed by atoms with Gasteiger partial charge in [0.1, 0.15) is 12.3 Å². The van der Waals surface area contributed by atoms with Crippen molar-refractivity contribution in [3.63, 3.8) is 0 Å². The molecule has 0 saturated heterocycles. The van der Waals surface area contributed by atoms with Crippen molar-refractivity contribution >= 4 is 34.9 Å². The van der Waals surface area contributed by atoms with Crippen LogP contribution in [0.3, 0.4) is 0 Å². The Balaban J connectivity index is 2.30. The summed E-state index contributed by atoms with van der Waals surface area (Å²) in [6, 6.07) is 4.66. The number of nitrogens with zero attached hydrogens (tertiary/aromatic N) is 1. The van der Waals surface area contributed by atoms with Gasteiger partial charge in [-0.2, -0.15) is 0 Å². The molecule has 22 heavy (non-hydrogen) atoms. The van der Waals surface area contributed by atoms with Crippen molar-refractivity contribution in [2.45, 2.75) is 20.0 Å². The minimum absolute atomic E-state index is 0.162. The zero-order chi connectivity index (χ0) is 16.3. The van der Waals surface area contributed by atoms with Crippen LogP contribution in [0.2, 0.25) is 0 Å². The van der Waals surface area contributed by atoms with E-state index in [2.05, 4.69) is 0 Å². The van der Waals surface area contributed by atoms with E-state index in [0.29, 0.717) is 17.0 Å². The van der Waals surface area contributed by atoms with Crippen molar-refractivity contribution in [2.75, 3.05) is 23.9 Å². The highest BCUT2D eigenvalue weighted by molar-refractivity contribution is 6.30. The smallest absolute Gasteiger partial charge is 0.326 e. The number of amides is 1. The predicted molar refractivity (Wildman–Crippen MR) is 80.6 cm³/mol. The second-order valence-corrected chi connectivity index (χ2v) is 5.31. The SMILES string of the molecule is CC(C)OC(=O)CN1C(=O)COc2ccc(C(=O)CCl)cc21. The third-order valence-corrected chi connectivity index (χ3v) is 3.24. The number of hydrogen-bond donors (Lipinski definition) is 0. The number of esters is 1. The Morgan fingerprint density at radius 3 is 2.77 bits per heavy atom. The van der Waals surface area contributed by atoms with E-state index < -0.39 is 5.97 Å². The first-order chi connectivity index (χ1) is 10.4. The number of ether oxygens (including phenoxy) is 2. The van der Waals surface area contributed by atoms with Gasteiger partial charge in [-0.3, -0.25) is 19.3 Å². The fourth-order valence-electron chi connectivity index (χ4n) is 2.06. The Bertz CT molecular complexity index is 614. The molecule has 1 amide bonds. The van der Waals surface area contributed by atoms with Gasteiger partial charge in [-0.1, -0.05) is 0 Å². The molecule has 1 heterocycles. The van der Waals surface area contributed by atoms with Gasteiger partial charge in [-0.05, 0) is 32.0 Å². The van der Waals surface area contributed by atoms with E-state index in [1.165, 1.54) is 11.0 Å². The fourth-order valence-corrected chi connectivity index (χ4v) is 2.21. The van der Waals surface area contributed by atoms with Gasteiger partial charge in [0, 0.05) is 5.56 Å². The van der Waals surface area contributed by atoms with E-state index in [4.69, 9.17) is 21.1 Å². The van der Waals surface area contributed by atoms with Crippen LogP contribution < -0.4 is 9.64 Å². The molecule has 0 saturated carbocycles. The van der Waals surface area contributed by atoms with Crippen molar-refractivity contribution < 1.29 is 23.9 Å². The normalized spacial score (nSPS) is 13.6. The summed E-state index contributed by atoms with van der Waals surface area (Å²) in [5.74, 6) is -0.896. The summed E-state index contributed by atoms with van der Waals surface area (Å²) in [5, 5.41) is 0. The first kappa shape index (κ1) is 16.3. The topological polar surface area (TPSA) is 72.9 Å². The third kappa shape index (κ3) is 3.57. The van der Waals surface area contributed by atoms with Crippen LogP contribution >= 0.6 is 11.6 Å². The van der Waals surface area contributed by atoms with E-state index in [0.717, 1.165) is 0 Å². The molecule has 0 spiro atoms. The zero-order valence-corrected chi connectivity index (χ0v) is 13.1. The molecule has 0 aromatic heterocycles. The van der Waals surface area contributed by atoms with Crippen LogP contribution in [0.4, 0.5) is 5.69 Å². The number of halogens is 1. The molecule has 1 aliphatic heterocycles. The number of benzene rings is 1. The fraction of sp³-hybridized carbons (Fsp3) is 0.400. The maximum Gasteiger partial charge on any atom is 0.326 e. The van der Waals surface area contributed by atoms with Crippen LogP contribution in [0.1, 0.15) is 24.2 Å². The molecule has 2 rings (SSSR count). The van der Waals surface area contributed by atoms with Crippen molar-refractivity contribution in [2.24, 2.45) is 0 Å². The summed E-state index contributed by atoms with van der Waals surface area (Å²) in [6.45, 7) is 3.06. The lowest BCUT2D eigenvalue weighted by Gasteiger charge is -2.29. The van der Waals surface area contributed by atoms with Crippen molar-refractivity contribution in [1.82, 2.24) is 0 Å². The number of hydrogen-bond acceptors (Lipinski definition) is 5. The van der Waals surface area contributed by atoms with E-state index >= 15 is 0 Å². The molecule has 0 fully saturated rings. The average Bonchev–Trinajstić information content (AvgIpc) is 2.48. The zero-order valence-electron chi connectivity index (χ0n) is 12.3. The second kappa shape index (κ2) is 6.79. The van der Waals surface area contributed by atoms with Gasteiger partial charge in [0.15, 0.2) is 12.4 Å². The van der Waals surface area contributed by atoms with Crippen LogP contribution in [0.5, 0.6) is 5.75 Å². The summed E-state index contributed by atoms with van der Waals surface area (Å²) in [6.07, 6.45) is -0.271. The van der Waals surface area contributed by atoms with Crippen molar-refractivity contribution in [1.29, 1.82) is 0 Å². The number of carbonyl (C=O) groups excluding carboxylic acids is 3. The third-order valence-electron chi connectivity index (χ3n) is 3.00. The van der Waals surface area contributed by atoms with Gasteiger partial charge in [-0.15, -0.1) is 11.6 Å². The first-order valence-corrected chi connectivity index (χ1v) is 7.31. The Hall–Kier alpha value is -2.08. The lowest BCUT2D eigenvalue weighted by atomic mass is 10.1. The maximum atomic E-state index is 12.0. The van der Waals surface area contributed by atoms with E-state index in [9.17, 15) is 14.4 Å². The molecule has 1 aromatic carbocycles. The molecule has 0 aliphatic carbocycles. The molecular formula is C15H16ClNO5. The lowest BCUT2D eigenvalue weighted by molar-refractivity contribution is -0.146. The van der Waals surface area contributed by atoms with Crippen molar-refractivity contribution in [3.8, 4) is 5.75 Å². The van der Waals surface area contributed by atoms with Crippen LogP contribution in [0, 0.1) is 0 Å². The number of rotatable bonds is 5. The maximum absolute atomic E-state index is 12.0. The Morgan fingerprint density at radius 2 is 2.14 bits per heavy atom. The summed E-state index contributed by atoms with van der Waals surface area (Å²) >= 11 is 5.54. The summed E-state index contributed by atoms with van der Waals surface area (Å²) in [5.41, 5.74) is 0.724. The average molecular weight is 326 g/mol. The molecule has 0 bridgehead atoms. The largest absolute Gasteiger partial charge is 0.482 e. The Labute approximate surface area is 132 Å². The van der Waals surface area contributed by atoms with Crippen LogP contribution in [-0.2, 0) is 14.3 Å². The number of alkyl halides is 1. The van der Waals surface area contributed by atoms with Gasteiger partial charge in [0.05, 0.1) is 17.7 Å². The van der Waals surface area contributed by atoms with Crippen LogP contribution in [-0.4, -0.2) is 42.8 Å². The molecule has 0 radical (unpaired) electrons. The Kier molecular flexibility index (Phi) is 5.03. The minimum Gasteiger partial charge on any atom is -0.482 e. The van der Waals surface area contributed by atoms with Gasteiger partial charge in [-0.25, -0.2) is 0 Å². The summed E-state index contributed by atoms with van der Waals surface area (Å²) in [4.78, 5) is 36.8. The number of ketones is 1. The molecule has 7 heteroatoms. The van der Waals surface area contributed by atoms with Crippen LogP contribution in [0.25, 0.3) is 0 Å². The molecule has 1 aromatic rings. The minimum atomic E-state index is -0.523. The van der Waals surface area contributed by atoms with Gasteiger partial charge in [0.2, 0.25) is 0 Å². The summed E-state index contributed by atoms with van der Waals surface area (Å²) in [7, 11) is 0. The predicted octanol–water partition coefficient (Wildman–Crippen LogP) is 1.79. The molecule has 118 valence electrons.